The van der Waals surface area contributed by atoms with E-state index in [4.69, 9.17) is 10.5 Å². The van der Waals surface area contributed by atoms with Gasteiger partial charge in [-0.2, -0.15) is 0 Å². The number of benzene rings is 5. The normalized spacial score (nSPS) is 16.1. The Morgan fingerprint density at radius 2 is 1.22 bits per heavy atom. The summed E-state index contributed by atoms with van der Waals surface area (Å²) < 4.78 is 3.59. The van der Waals surface area contributed by atoms with E-state index in [0.717, 1.165) is 36.4 Å². The van der Waals surface area contributed by atoms with Crippen LogP contribution in [-0.4, -0.2) is 31.2 Å². The fraction of sp³-hybridized carbons (Fsp3) is 0.135. The van der Waals surface area contributed by atoms with Crippen molar-refractivity contribution in [1.82, 2.24) is 10.6 Å². The molecular weight excluding hydrogens is 724 g/mol. The minimum atomic E-state index is -2.90. The van der Waals surface area contributed by atoms with Gasteiger partial charge in [-0.3, -0.25) is 0 Å². The number of guanidine groups is 2. The quantitative estimate of drug-likeness (QED) is 0.120. The molecule has 0 saturated carbocycles. The first-order chi connectivity index (χ1) is 22.0. The number of ether oxygens (including phenoxy) is 1. The molecule has 0 fully saturated rings. The van der Waals surface area contributed by atoms with Crippen LogP contribution < -0.4 is 54.4 Å². The minimum Gasteiger partial charge on any atom is -1.00 e. The van der Waals surface area contributed by atoms with E-state index in [9.17, 15) is 0 Å². The van der Waals surface area contributed by atoms with Gasteiger partial charge in [-0.1, -0.05) is 30.3 Å². The molecule has 0 aliphatic carbocycles. The Balaban J connectivity index is 0.00000417. The topological polar surface area (TPSA) is 85.6 Å². The first-order valence-electron chi connectivity index (χ1n) is 15.2. The Labute approximate surface area is 290 Å². The summed E-state index contributed by atoms with van der Waals surface area (Å²) in [6.45, 7) is 1.34. The van der Waals surface area contributed by atoms with Crippen LogP contribution in [0.25, 0.3) is 0 Å². The van der Waals surface area contributed by atoms with Crippen molar-refractivity contribution < 1.29 is 22.1 Å². The number of rotatable bonds is 11. The number of hydrogen-bond donors (Lipinski definition) is 4. The molecule has 1 aliphatic rings. The van der Waals surface area contributed by atoms with Crippen LogP contribution in [0.3, 0.4) is 0 Å². The smallest absolute Gasteiger partial charge is 1.00 e. The summed E-state index contributed by atoms with van der Waals surface area (Å²) in [6, 6.07) is 51.3. The molecule has 0 amide bonds. The van der Waals surface area contributed by atoms with Crippen LogP contribution in [0.4, 0.5) is 0 Å². The second-order valence-corrected chi connectivity index (χ2v) is 21.8. The number of halogens is 2. The molecule has 5 aromatic carbocycles. The first kappa shape index (κ1) is 33.5. The Bertz CT molecular complexity index is 1660. The maximum absolute atomic E-state index is 6.49. The fourth-order valence-electron chi connectivity index (χ4n) is 5.87. The Hall–Kier alpha value is -3.91. The third-order valence-electron chi connectivity index (χ3n) is 8.22. The van der Waals surface area contributed by atoms with E-state index >= 15 is 0 Å². The van der Waals surface area contributed by atoms with Crippen LogP contribution in [0.5, 0.6) is 5.75 Å². The van der Waals surface area contributed by atoms with Gasteiger partial charge in [0, 0.05) is 6.42 Å². The number of nitrogens with zero attached hydrogens (tertiary/aromatic N) is 1. The number of nitrogens with two attached hydrogens (primary N) is 1. The largest absolute Gasteiger partial charge is 1.00 e. The third-order valence-corrected chi connectivity index (χ3v) is 19.8. The molecule has 6 nitrogen and oxygen atoms in total. The summed E-state index contributed by atoms with van der Waals surface area (Å²) >= 11 is 2.80. The Morgan fingerprint density at radius 1 is 0.717 bits per heavy atom. The Kier molecular flexibility index (Phi) is 11.0. The number of hydrogen-bond acceptors (Lipinski definition) is 3. The van der Waals surface area contributed by atoms with Crippen molar-refractivity contribution in [1.29, 1.82) is 0 Å². The van der Waals surface area contributed by atoms with Crippen molar-refractivity contribution in [3.63, 3.8) is 0 Å². The van der Waals surface area contributed by atoms with Crippen molar-refractivity contribution >= 4 is 54.1 Å². The zero-order valence-electron chi connectivity index (χ0n) is 25.4. The summed E-state index contributed by atoms with van der Waals surface area (Å²) in [5.74, 6) is 1.95. The van der Waals surface area contributed by atoms with Gasteiger partial charge in [-0.15, -0.1) is 0 Å². The molecule has 1 atom stereocenters. The van der Waals surface area contributed by atoms with Crippen LogP contribution in [0, 0.1) is 0 Å². The van der Waals surface area contributed by atoms with Crippen molar-refractivity contribution in [2.24, 2.45) is 10.7 Å². The SMILES string of the molecule is NC1=NC(c2ccc(OCCP(I)(c3ccccc3)(c3ccccc3)c3ccccc3)cc2)NC(=[NH+]CCc2ccccc2)N1.[Cl-]. The molecule has 0 aromatic heterocycles. The molecule has 1 heterocycles. The van der Waals surface area contributed by atoms with Crippen LogP contribution >= 0.6 is 26.3 Å². The maximum atomic E-state index is 6.49. The summed E-state index contributed by atoms with van der Waals surface area (Å²) in [7, 11) is 0. The third kappa shape index (κ3) is 7.22. The maximum Gasteiger partial charge on any atom is -1.00 e. The van der Waals surface area contributed by atoms with Gasteiger partial charge in [-0.05, 0) is 5.56 Å². The monoisotopic (exact) mass is 761 g/mol. The van der Waals surface area contributed by atoms with Crippen LogP contribution in [0.15, 0.2) is 151 Å². The molecule has 1 aliphatic heterocycles. The molecule has 1 unspecified atom stereocenters. The molecule has 6 rings (SSSR count). The van der Waals surface area contributed by atoms with Gasteiger partial charge in [0.25, 0.3) is 0 Å². The van der Waals surface area contributed by atoms with Crippen LogP contribution in [-0.2, 0) is 6.42 Å². The number of aliphatic imine (C=N–C) groups is 1. The average Bonchev–Trinajstić information content (AvgIpc) is 3.10. The van der Waals surface area contributed by atoms with Crippen LogP contribution in [0.2, 0.25) is 0 Å². The molecule has 9 heteroatoms. The first-order valence-corrected chi connectivity index (χ1v) is 20.4. The molecular formula is C37H38ClIN5OP. The minimum absolute atomic E-state index is 0. The standard InChI is InChI=1S/C37H37IN5OP.ClH/c38-45(32-15-7-2-8-16-32,33-17-9-3-10-18-33,34-19-11-4-12-20-34)28-27-44-31-23-21-30(22-24-31)35-41-36(39)43-37(42-35)40-26-25-29-13-5-1-6-14-29;/h1-24,35H,25-28H2,(H4,39,40,41,42,43);1H. The average molecular weight is 762 g/mol. The summed E-state index contributed by atoms with van der Waals surface area (Å²) in [6.07, 6.45) is 1.46. The molecule has 0 saturated heterocycles. The molecule has 46 heavy (non-hydrogen) atoms. The molecule has 236 valence electrons. The zero-order valence-corrected chi connectivity index (χ0v) is 29.2. The van der Waals surface area contributed by atoms with E-state index in [0.29, 0.717) is 12.6 Å². The van der Waals surface area contributed by atoms with E-state index in [2.05, 4.69) is 158 Å². The summed E-state index contributed by atoms with van der Waals surface area (Å²) in [5, 5.41) is 10.6. The fourth-order valence-corrected chi connectivity index (χ4v) is 13.8. The van der Waals surface area contributed by atoms with Crippen molar-refractivity contribution in [2.75, 3.05) is 19.3 Å². The molecule has 0 spiro atoms. The van der Waals surface area contributed by atoms with Gasteiger partial charge in [0.15, 0.2) is 0 Å². The van der Waals surface area contributed by atoms with E-state index < -0.39 is 4.25 Å². The van der Waals surface area contributed by atoms with Crippen molar-refractivity contribution in [2.45, 2.75) is 12.6 Å². The zero-order chi connectivity index (χ0) is 31.0. The van der Waals surface area contributed by atoms with Gasteiger partial charge >= 0.3 is 237 Å². The van der Waals surface area contributed by atoms with Gasteiger partial charge in [0.1, 0.15) is 0 Å². The molecule has 5 aromatic rings. The van der Waals surface area contributed by atoms with E-state index in [1.165, 1.54) is 21.5 Å². The summed E-state index contributed by atoms with van der Waals surface area (Å²) in [4.78, 5) is 7.99. The van der Waals surface area contributed by atoms with Crippen LogP contribution in [0.1, 0.15) is 17.3 Å². The van der Waals surface area contributed by atoms with Gasteiger partial charge in [0.2, 0.25) is 0 Å². The van der Waals surface area contributed by atoms with Gasteiger partial charge in [0.05, 0.1) is 0 Å². The molecule has 0 bridgehead atoms. The number of nitrogens with one attached hydrogen (secondary N) is 3. The predicted molar refractivity (Wildman–Crippen MR) is 198 cm³/mol. The van der Waals surface area contributed by atoms with E-state index in [1.807, 2.05) is 30.3 Å². The van der Waals surface area contributed by atoms with Crippen molar-refractivity contribution in [3.8, 4) is 5.75 Å². The van der Waals surface area contributed by atoms with E-state index in [1.54, 1.807) is 0 Å². The van der Waals surface area contributed by atoms with Crippen molar-refractivity contribution in [3.05, 3.63) is 157 Å². The second-order valence-electron chi connectivity index (χ2n) is 11.1. The second kappa shape index (κ2) is 15.1. The predicted octanol–water partition coefficient (Wildman–Crippen LogP) is 1.13. The molecule has 5 N–H and O–H groups in total. The summed E-state index contributed by atoms with van der Waals surface area (Å²) in [5.41, 5.74) is 8.42. The van der Waals surface area contributed by atoms with Gasteiger partial charge < -0.3 is 12.4 Å². The Morgan fingerprint density at radius 3 is 1.74 bits per heavy atom. The molecule has 0 radical (unpaired) electrons. The van der Waals surface area contributed by atoms with Gasteiger partial charge in [-0.25, -0.2) is 0 Å². The van der Waals surface area contributed by atoms with E-state index in [-0.39, 0.29) is 18.6 Å².